The fraction of sp³-hybridized carbons (Fsp3) is 0.429. The Morgan fingerprint density at radius 2 is 2.11 bits per heavy atom. The highest BCUT2D eigenvalue weighted by atomic mass is 16.5. The van der Waals surface area contributed by atoms with E-state index in [1.807, 2.05) is 30.3 Å². The monoisotopic (exact) mass is 262 g/mol. The van der Waals surface area contributed by atoms with Gasteiger partial charge >= 0.3 is 5.97 Å². The van der Waals surface area contributed by atoms with E-state index < -0.39 is 6.04 Å². The van der Waals surface area contributed by atoms with Crippen molar-refractivity contribution in [3.8, 4) is 0 Å². The van der Waals surface area contributed by atoms with Gasteiger partial charge in [-0.25, -0.2) is 0 Å². The van der Waals surface area contributed by atoms with Crippen LogP contribution in [0.25, 0.3) is 0 Å². The molecule has 1 aliphatic rings. The first-order chi connectivity index (χ1) is 9.13. The first kappa shape index (κ1) is 13.5. The smallest absolute Gasteiger partial charge is 0.323 e. The minimum Gasteiger partial charge on any atom is -0.465 e. The van der Waals surface area contributed by atoms with E-state index in [0.717, 1.165) is 5.56 Å². The third-order valence-electron chi connectivity index (χ3n) is 3.21. The number of hydrogen-bond donors (Lipinski definition) is 1. The molecule has 19 heavy (non-hydrogen) atoms. The Balaban J connectivity index is 2.07. The molecule has 0 radical (unpaired) electrons. The van der Waals surface area contributed by atoms with Crippen molar-refractivity contribution in [3.05, 3.63) is 35.9 Å². The molecule has 0 bridgehead atoms. The predicted octanol–water partition coefficient (Wildman–Crippen LogP) is 0.330. The second-order valence-corrected chi connectivity index (χ2v) is 4.57. The van der Waals surface area contributed by atoms with Crippen molar-refractivity contribution < 1.29 is 14.3 Å². The van der Waals surface area contributed by atoms with Crippen LogP contribution in [0.5, 0.6) is 0 Å². The second kappa shape index (κ2) is 5.84. The molecule has 0 spiro atoms. The summed E-state index contributed by atoms with van der Waals surface area (Å²) in [4.78, 5) is 24.9. The van der Waals surface area contributed by atoms with E-state index in [1.165, 1.54) is 0 Å². The molecular weight excluding hydrogens is 244 g/mol. The number of rotatable bonds is 6. The van der Waals surface area contributed by atoms with Crippen LogP contribution in [0.15, 0.2) is 30.3 Å². The molecule has 2 rings (SSSR count). The van der Waals surface area contributed by atoms with E-state index in [0.29, 0.717) is 19.6 Å². The first-order valence-corrected chi connectivity index (χ1v) is 6.39. The molecule has 1 aromatic rings. The molecule has 1 saturated heterocycles. The van der Waals surface area contributed by atoms with Crippen LogP contribution in [0.4, 0.5) is 0 Å². The number of carbonyl (C=O) groups excluding carboxylic acids is 2. The maximum absolute atomic E-state index is 12.0. The quantitative estimate of drug-likeness (QED) is 0.592. The molecule has 0 aromatic heterocycles. The third-order valence-corrected chi connectivity index (χ3v) is 3.21. The van der Waals surface area contributed by atoms with Crippen LogP contribution < -0.4 is 5.73 Å². The minimum atomic E-state index is -0.431. The number of hydrogen-bond acceptors (Lipinski definition) is 4. The van der Waals surface area contributed by atoms with Gasteiger partial charge in [-0.2, -0.15) is 0 Å². The van der Waals surface area contributed by atoms with Crippen molar-refractivity contribution in [2.75, 3.05) is 13.2 Å². The lowest BCUT2D eigenvalue weighted by Gasteiger charge is -2.17. The van der Waals surface area contributed by atoms with Crippen LogP contribution >= 0.6 is 0 Å². The van der Waals surface area contributed by atoms with Gasteiger partial charge in [0.1, 0.15) is 12.1 Å². The van der Waals surface area contributed by atoms with Gasteiger partial charge in [0.25, 0.3) is 0 Å². The number of esters is 1. The number of ether oxygens (including phenoxy) is 1. The van der Waals surface area contributed by atoms with Crippen molar-refractivity contribution in [1.29, 1.82) is 0 Å². The number of benzene rings is 1. The fourth-order valence-electron chi connectivity index (χ4n) is 2.16. The molecule has 1 fully saturated rings. The van der Waals surface area contributed by atoms with E-state index in [9.17, 15) is 9.59 Å². The van der Waals surface area contributed by atoms with Crippen LogP contribution in [0, 0.1) is 0 Å². The Kier molecular flexibility index (Phi) is 4.16. The summed E-state index contributed by atoms with van der Waals surface area (Å²) in [5.41, 5.74) is 6.30. The Morgan fingerprint density at radius 1 is 1.42 bits per heavy atom. The van der Waals surface area contributed by atoms with E-state index >= 15 is 0 Å². The maximum Gasteiger partial charge on any atom is 0.323 e. The Morgan fingerprint density at radius 3 is 2.63 bits per heavy atom. The summed E-state index contributed by atoms with van der Waals surface area (Å²) in [7, 11) is 0. The maximum atomic E-state index is 12.0. The highest BCUT2D eigenvalue weighted by molar-refractivity contribution is 5.85. The summed E-state index contributed by atoms with van der Waals surface area (Å²) >= 11 is 0. The number of nitrogens with two attached hydrogens (primary N) is 1. The summed E-state index contributed by atoms with van der Waals surface area (Å²) in [6, 6.07) is 8.91. The van der Waals surface area contributed by atoms with Crippen LogP contribution in [0.2, 0.25) is 0 Å². The van der Waals surface area contributed by atoms with Crippen LogP contribution in [-0.2, 0) is 20.7 Å². The van der Waals surface area contributed by atoms with Gasteiger partial charge in [0.15, 0.2) is 0 Å². The third kappa shape index (κ3) is 3.32. The van der Waals surface area contributed by atoms with Gasteiger partial charge in [-0.15, -0.1) is 0 Å². The molecule has 1 amide bonds. The molecule has 0 saturated carbocycles. The van der Waals surface area contributed by atoms with Gasteiger partial charge < -0.3 is 10.5 Å². The average molecular weight is 262 g/mol. The molecule has 1 heterocycles. The molecule has 1 unspecified atom stereocenters. The Bertz CT molecular complexity index is 461. The summed E-state index contributed by atoms with van der Waals surface area (Å²) in [5.74, 6) is -0.683. The molecule has 1 aromatic carbocycles. The molecule has 1 aliphatic heterocycles. The summed E-state index contributed by atoms with van der Waals surface area (Å²) in [6.07, 6.45) is 0.531. The average Bonchev–Trinajstić information content (AvgIpc) is 3.17. The predicted molar refractivity (Wildman–Crippen MR) is 70.3 cm³/mol. The van der Waals surface area contributed by atoms with Crippen LogP contribution in [0.3, 0.4) is 0 Å². The number of primary amides is 1. The first-order valence-electron chi connectivity index (χ1n) is 6.39. The van der Waals surface area contributed by atoms with Crippen LogP contribution in [0.1, 0.15) is 12.5 Å². The van der Waals surface area contributed by atoms with Crippen molar-refractivity contribution >= 4 is 11.9 Å². The highest BCUT2D eigenvalue weighted by Gasteiger charge is 2.46. The molecule has 0 aliphatic carbocycles. The standard InChI is InChI=1S/C14H18N2O3/c1-2-19-14(18)11(16-9-12(16)13(15)17)8-10-6-4-3-5-7-10/h3-7,11-12H,2,8-9H2,1H3,(H2,15,17)/t11-,12+,16?/m1/s1. The van der Waals surface area contributed by atoms with Crippen LogP contribution in [-0.4, -0.2) is 42.0 Å². The Hall–Kier alpha value is -1.88. The number of nitrogens with zero attached hydrogens (tertiary/aromatic N) is 1. The summed E-state index contributed by atoms with van der Waals surface area (Å²) < 4.78 is 5.07. The van der Waals surface area contributed by atoms with Gasteiger partial charge in [-0.1, -0.05) is 30.3 Å². The largest absolute Gasteiger partial charge is 0.465 e. The minimum absolute atomic E-state index is 0.296. The molecule has 102 valence electrons. The van der Waals surface area contributed by atoms with Crippen molar-refractivity contribution in [1.82, 2.24) is 4.90 Å². The molecule has 5 nitrogen and oxygen atoms in total. The van der Waals surface area contributed by atoms with E-state index in [1.54, 1.807) is 11.8 Å². The van der Waals surface area contributed by atoms with Crippen molar-refractivity contribution in [2.24, 2.45) is 5.73 Å². The number of carbonyl (C=O) groups is 2. The molecule has 2 N–H and O–H groups in total. The zero-order valence-corrected chi connectivity index (χ0v) is 10.9. The lowest BCUT2D eigenvalue weighted by molar-refractivity contribution is -0.147. The van der Waals surface area contributed by atoms with Crippen molar-refractivity contribution in [3.63, 3.8) is 0 Å². The normalized spacial score (nSPS) is 22.6. The van der Waals surface area contributed by atoms with Gasteiger partial charge in [-0.3, -0.25) is 14.5 Å². The number of amides is 1. The SMILES string of the molecule is CCOC(=O)[C@@H](Cc1ccccc1)N1C[C@H]1C(N)=O. The van der Waals surface area contributed by atoms with Gasteiger partial charge in [0, 0.05) is 6.54 Å². The van der Waals surface area contributed by atoms with Gasteiger partial charge in [-0.05, 0) is 18.9 Å². The highest BCUT2D eigenvalue weighted by Crippen LogP contribution is 2.24. The van der Waals surface area contributed by atoms with E-state index in [4.69, 9.17) is 10.5 Å². The molecule has 5 heteroatoms. The fourth-order valence-corrected chi connectivity index (χ4v) is 2.16. The molecular formula is C14H18N2O3. The second-order valence-electron chi connectivity index (χ2n) is 4.57. The topological polar surface area (TPSA) is 72.4 Å². The lowest BCUT2D eigenvalue weighted by Crippen LogP contribution is -2.36. The molecule has 3 atom stereocenters. The van der Waals surface area contributed by atoms with Gasteiger partial charge in [0.2, 0.25) is 5.91 Å². The Labute approximate surface area is 112 Å². The zero-order chi connectivity index (χ0) is 13.8. The van der Waals surface area contributed by atoms with E-state index in [-0.39, 0.29) is 17.9 Å². The summed E-state index contributed by atoms with van der Waals surface area (Å²) in [6.45, 7) is 2.64. The lowest BCUT2D eigenvalue weighted by atomic mass is 10.1. The van der Waals surface area contributed by atoms with Gasteiger partial charge in [0.05, 0.1) is 6.61 Å². The van der Waals surface area contributed by atoms with Crippen molar-refractivity contribution in [2.45, 2.75) is 25.4 Å². The summed E-state index contributed by atoms with van der Waals surface area (Å²) in [5, 5.41) is 0. The zero-order valence-electron chi connectivity index (χ0n) is 10.9. The van der Waals surface area contributed by atoms with E-state index in [2.05, 4.69) is 0 Å².